The highest BCUT2D eigenvalue weighted by atomic mass is 32.2. The Morgan fingerprint density at radius 3 is 2.69 bits per heavy atom. The largest absolute Gasteiger partial charge is 0.478 e. The Morgan fingerprint density at radius 1 is 1.38 bits per heavy atom. The summed E-state index contributed by atoms with van der Waals surface area (Å²) in [6, 6.07) is 6.78. The van der Waals surface area contributed by atoms with E-state index in [1.165, 1.54) is 0 Å². The number of carboxylic acids is 1. The van der Waals surface area contributed by atoms with Crippen molar-refractivity contribution in [2.45, 2.75) is 10.6 Å². The van der Waals surface area contributed by atoms with Crippen LogP contribution in [0.3, 0.4) is 0 Å². The second-order valence-corrected chi connectivity index (χ2v) is 4.20. The first-order valence-electron chi connectivity index (χ1n) is 4.60. The predicted molar refractivity (Wildman–Crippen MR) is 59.5 cm³/mol. The van der Waals surface area contributed by atoms with Gasteiger partial charge in [0, 0.05) is 16.2 Å². The SMILES string of the molecule is O=C(O)c1ccc(SCc2cnoc2)cc1. The van der Waals surface area contributed by atoms with Gasteiger partial charge in [0.05, 0.1) is 11.8 Å². The lowest BCUT2D eigenvalue weighted by molar-refractivity contribution is 0.0697. The lowest BCUT2D eigenvalue weighted by Gasteiger charge is -1.99. The molecule has 4 nitrogen and oxygen atoms in total. The summed E-state index contributed by atoms with van der Waals surface area (Å²) < 4.78 is 4.71. The second-order valence-electron chi connectivity index (χ2n) is 3.15. The lowest BCUT2D eigenvalue weighted by atomic mass is 10.2. The highest BCUT2D eigenvalue weighted by Crippen LogP contribution is 2.22. The molecule has 0 saturated carbocycles. The van der Waals surface area contributed by atoms with E-state index in [2.05, 4.69) is 5.16 Å². The number of thioether (sulfide) groups is 1. The summed E-state index contributed by atoms with van der Waals surface area (Å²) in [5.41, 5.74) is 1.31. The van der Waals surface area contributed by atoms with Gasteiger partial charge in [0.2, 0.25) is 0 Å². The minimum Gasteiger partial charge on any atom is -0.478 e. The average molecular weight is 235 g/mol. The van der Waals surface area contributed by atoms with Gasteiger partial charge in [0.15, 0.2) is 0 Å². The highest BCUT2D eigenvalue weighted by Gasteiger charge is 2.02. The molecule has 82 valence electrons. The van der Waals surface area contributed by atoms with E-state index in [0.717, 1.165) is 16.2 Å². The van der Waals surface area contributed by atoms with Crippen LogP contribution in [0.15, 0.2) is 46.1 Å². The van der Waals surface area contributed by atoms with E-state index in [1.807, 2.05) is 0 Å². The zero-order valence-corrected chi connectivity index (χ0v) is 9.11. The molecule has 2 rings (SSSR count). The molecule has 1 heterocycles. The van der Waals surface area contributed by atoms with Gasteiger partial charge in [-0.05, 0) is 24.3 Å². The summed E-state index contributed by atoms with van der Waals surface area (Å²) in [4.78, 5) is 11.6. The van der Waals surface area contributed by atoms with Crippen molar-refractivity contribution in [3.8, 4) is 0 Å². The van der Waals surface area contributed by atoms with Crippen molar-refractivity contribution in [2.24, 2.45) is 0 Å². The molecule has 0 aliphatic carbocycles. The molecule has 0 atom stereocenters. The topological polar surface area (TPSA) is 63.3 Å². The van der Waals surface area contributed by atoms with Crippen LogP contribution in [0, 0.1) is 0 Å². The quantitative estimate of drug-likeness (QED) is 0.825. The van der Waals surface area contributed by atoms with E-state index in [1.54, 1.807) is 48.5 Å². The van der Waals surface area contributed by atoms with Gasteiger partial charge in [-0.25, -0.2) is 4.79 Å². The Labute approximate surface area is 96.3 Å². The minimum atomic E-state index is -0.907. The summed E-state index contributed by atoms with van der Waals surface area (Å²) >= 11 is 1.61. The Balaban J connectivity index is 1.98. The zero-order valence-electron chi connectivity index (χ0n) is 8.29. The molecule has 0 amide bonds. The summed E-state index contributed by atoms with van der Waals surface area (Å²) in [5, 5.41) is 12.3. The molecule has 1 N–H and O–H groups in total. The van der Waals surface area contributed by atoms with Crippen molar-refractivity contribution in [1.82, 2.24) is 5.16 Å². The fourth-order valence-electron chi connectivity index (χ4n) is 1.16. The number of carbonyl (C=O) groups is 1. The van der Waals surface area contributed by atoms with Crippen LogP contribution in [-0.4, -0.2) is 16.2 Å². The number of hydrogen-bond acceptors (Lipinski definition) is 4. The third-order valence-electron chi connectivity index (χ3n) is 1.99. The van der Waals surface area contributed by atoms with Gasteiger partial charge in [0.25, 0.3) is 0 Å². The van der Waals surface area contributed by atoms with E-state index in [0.29, 0.717) is 5.56 Å². The van der Waals surface area contributed by atoms with Crippen molar-refractivity contribution in [3.63, 3.8) is 0 Å². The molecule has 0 spiro atoms. The molecular weight excluding hydrogens is 226 g/mol. The number of rotatable bonds is 4. The number of aromatic carboxylic acids is 1. The zero-order chi connectivity index (χ0) is 11.4. The smallest absolute Gasteiger partial charge is 0.335 e. The maximum Gasteiger partial charge on any atom is 0.335 e. The molecule has 0 fully saturated rings. The van der Waals surface area contributed by atoms with E-state index >= 15 is 0 Å². The molecule has 1 aromatic heterocycles. The fraction of sp³-hybridized carbons (Fsp3) is 0.0909. The Bertz CT molecular complexity index is 464. The number of carboxylic acid groups (broad SMARTS) is 1. The molecule has 0 aliphatic heterocycles. The van der Waals surface area contributed by atoms with E-state index in [9.17, 15) is 4.79 Å². The molecular formula is C11H9NO3S. The van der Waals surface area contributed by atoms with E-state index < -0.39 is 5.97 Å². The van der Waals surface area contributed by atoms with Gasteiger partial charge < -0.3 is 9.63 Å². The van der Waals surface area contributed by atoms with Crippen LogP contribution >= 0.6 is 11.8 Å². The first kappa shape index (κ1) is 10.8. The molecule has 5 heteroatoms. The first-order chi connectivity index (χ1) is 7.75. The number of aromatic nitrogens is 1. The standard InChI is InChI=1S/C11H9NO3S/c13-11(14)9-1-3-10(4-2-9)16-7-8-5-12-15-6-8/h1-6H,7H2,(H,13,14). The third-order valence-corrected chi connectivity index (χ3v) is 3.07. The molecule has 0 bridgehead atoms. The molecule has 2 aromatic rings. The average Bonchev–Trinajstić information content (AvgIpc) is 2.80. The molecule has 0 radical (unpaired) electrons. The van der Waals surface area contributed by atoms with Gasteiger partial charge >= 0.3 is 5.97 Å². The Morgan fingerprint density at radius 2 is 2.12 bits per heavy atom. The van der Waals surface area contributed by atoms with Crippen molar-refractivity contribution in [3.05, 3.63) is 47.9 Å². The molecule has 0 aliphatic rings. The van der Waals surface area contributed by atoms with Crippen molar-refractivity contribution >= 4 is 17.7 Å². The van der Waals surface area contributed by atoms with Gasteiger partial charge in [-0.2, -0.15) is 0 Å². The second kappa shape index (κ2) is 4.85. The van der Waals surface area contributed by atoms with Crippen LogP contribution < -0.4 is 0 Å². The Kier molecular flexibility index (Phi) is 3.26. The van der Waals surface area contributed by atoms with E-state index in [-0.39, 0.29) is 0 Å². The van der Waals surface area contributed by atoms with Crippen LogP contribution in [-0.2, 0) is 5.75 Å². The van der Waals surface area contributed by atoms with Crippen LogP contribution in [0.25, 0.3) is 0 Å². The number of nitrogens with zero attached hydrogens (tertiary/aromatic N) is 1. The van der Waals surface area contributed by atoms with Gasteiger partial charge in [-0.15, -0.1) is 11.8 Å². The first-order valence-corrected chi connectivity index (χ1v) is 5.58. The highest BCUT2D eigenvalue weighted by molar-refractivity contribution is 7.98. The summed E-state index contributed by atoms with van der Waals surface area (Å²) in [7, 11) is 0. The summed E-state index contributed by atoms with van der Waals surface area (Å²) in [6.07, 6.45) is 3.26. The van der Waals surface area contributed by atoms with Crippen molar-refractivity contribution in [2.75, 3.05) is 0 Å². The minimum absolute atomic E-state index is 0.300. The van der Waals surface area contributed by atoms with Gasteiger partial charge in [0.1, 0.15) is 6.26 Å². The maximum atomic E-state index is 10.6. The number of benzene rings is 1. The van der Waals surface area contributed by atoms with Crippen LogP contribution in [0.1, 0.15) is 15.9 Å². The van der Waals surface area contributed by atoms with Crippen LogP contribution in [0.2, 0.25) is 0 Å². The van der Waals surface area contributed by atoms with Gasteiger partial charge in [-0.3, -0.25) is 0 Å². The monoisotopic (exact) mass is 235 g/mol. The predicted octanol–water partition coefficient (Wildman–Crippen LogP) is 2.67. The molecule has 0 saturated heterocycles. The number of hydrogen-bond donors (Lipinski definition) is 1. The summed E-state index contributed by atoms with van der Waals surface area (Å²) in [6.45, 7) is 0. The molecule has 0 unspecified atom stereocenters. The normalized spacial score (nSPS) is 10.2. The Hall–Kier alpha value is -1.75. The van der Waals surface area contributed by atoms with Crippen molar-refractivity contribution in [1.29, 1.82) is 0 Å². The maximum absolute atomic E-state index is 10.6. The van der Waals surface area contributed by atoms with E-state index in [4.69, 9.17) is 9.63 Å². The lowest BCUT2D eigenvalue weighted by Crippen LogP contribution is -1.94. The van der Waals surface area contributed by atoms with Crippen molar-refractivity contribution < 1.29 is 14.4 Å². The van der Waals surface area contributed by atoms with Crippen LogP contribution in [0.4, 0.5) is 0 Å². The van der Waals surface area contributed by atoms with Crippen LogP contribution in [0.5, 0.6) is 0 Å². The molecule has 16 heavy (non-hydrogen) atoms. The molecule has 1 aromatic carbocycles. The fourth-order valence-corrected chi connectivity index (χ4v) is 1.96. The van der Waals surface area contributed by atoms with Gasteiger partial charge in [-0.1, -0.05) is 5.16 Å². The third kappa shape index (κ3) is 2.64. The summed E-state index contributed by atoms with van der Waals surface area (Å²) in [5.74, 6) is -0.147.